The number of hydrogen-bond donors (Lipinski definition) is 1. The van der Waals surface area contributed by atoms with Crippen LogP contribution >= 0.6 is 11.6 Å². The number of primary amides is 1. The molecule has 0 aromatic carbocycles. The molecular weight excluding hydrogens is 228 g/mol. The number of carbonyl (C=O) groups is 1. The molecular formula is C10H9ClN4O. The van der Waals surface area contributed by atoms with Crippen LogP contribution in [0.15, 0.2) is 24.7 Å². The van der Waals surface area contributed by atoms with Gasteiger partial charge in [-0.2, -0.15) is 5.10 Å². The van der Waals surface area contributed by atoms with E-state index in [4.69, 9.17) is 17.3 Å². The highest BCUT2D eigenvalue weighted by Crippen LogP contribution is 2.16. The van der Waals surface area contributed by atoms with E-state index < -0.39 is 5.91 Å². The van der Waals surface area contributed by atoms with Crippen LogP contribution in [0.4, 0.5) is 0 Å². The Hall–Kier alpha value is -1.88. The first-order valence-electron chi connectivity index (χ1n) is 4.55. The molecule has 0 unspecified atom stereocenters. The van der Waals surface area contributed by atoms with Crippen LogP contribution in [0, 0.1) is 6.92 Å². The zero-order chi connectivity index (χ0) is 11.7. The van der Waals surface area contributed by atoms with Crippen molar-refractivity contribution < 1.29 is 4.79 Å². The van der Waals surface area contributed by atoms with Crippen molar-refractivity contribution in [2.75, 3.05) is 0 Å². The summed E-state index contributed by atoms with van der Waals surface area (Å²) in [7, 11) is 0. The fourth-order valence-corrected chi connectivity index (χ4v) is 1.47. The number of rotatable bonds is 2. The van der Waals surface area contributed by atoms with Gasteiger partial charge in [0, 0.05) is 18.5 Å². The van der Waals surface area contributed by atoms with Crippen LogP contribution in [-0.2, 0) is 0 Å². The summed E-state index contributed by atoms with van der Waals surface area (Å²) in [6.07, 6.45) is 4.61. The molecule has 0 aliphatic heterocycles. The Kier molecular flexibility index (Phi) is 2.62. The van der Waals surface area contributed by atoms with Crippen molar-refractivity contribution >= 4 is 17.5 Å². The van der Waals surface area contributed by atoms with E-state index >= 15 is 0 Å². The Morgan fingerprint density at radius 3 is 2.88 bits per heavy atom. The van der Waals surface area contributed by atoms with Crippen molar-refractivity contribution in [3.8, 4) is 5.69 Å². The Bertz CT molecular complexity index is 550. The highest BCUT2D eigenvalue weighted by atomic mass is 35.5. The number of nitrogens with zero attached hydrogens (tertiary/aromatic N) is 3. The molecule has 0 aliphatic carbocycles. The number of amides is 1. The average Bonchev–Trinajstić information content (AvgIpc) is 2.70. The lowest BCUT2D eigenvalue weighted by Crippen LogP contribution is -2.09. The molecule has 82 valence electrons. The third-order valence-corrected chi connectivity index (χ3v) is 2.36. The summed E-state index contributed by atoms with van der Waals surface area (Å²) in [6.45, 7) is 1.88. The van der Waals surface area contributed by atoms with Gasteiger partial charge in [0.05, 0.1) is 17.4 Å². The SMILES string of the molecule is Cc1cnc(Cl)cc1-n1cc(C(N)=O)cn1. The Morgan fingerprint density at radius 2 is 2.25 bits per heavy atom. The second kappa shape index (κ2) is 3.94. The van der Waals surface area contributed by atoms with Crippen LogP contribution in [0.5, 0.6) is 0 Å². The molecule has 6 heteroatoms. The summed E-state index contributed by atoms with van der Waals surface area (Å²) in [6, 6.07) is 1.68. The largest absolute Gasteiger partial charge is 0.366 e. The average molecular weight is 237 g/mol. The highest BCUT2D eigenvalue weighted by molar-refractivity contribution is 6.29. The van der Waals surface area contributed by atoms with E-state index in [0.29, 0.717) is 10.7 Å². The monoisotopic (exact) mass is 236 g/mol. The smallest absolute Gasteiger partial charge is 0.251 e. The molecule has 0 spiro atoms. The van der Waals surface area contributed by atoms with Crippen LogP contribution < -0.4 is 5.73 Å². The molecule has 0 bridgehead atoms. The van der Waals surface area contributed by atoms with Gasteiger partial charge in [-0.15, -0.1) is 0 Å². The quantitative estimate of drug-likeness (QED) is 0.800. The standard InChI is InChI=1S/C10H9ClN4O/c1-6-3-13-9(11)2-8(6)15-5-7(4-14-15)10(12)16/h2-5H,1H3,(H2,12,16). The van der Waals surface area contributed by atoms with Gasteiger partial charge in [-0.3, -0.25) is 4.79 Å². The molecule has 0 saturated carbocycles. The molecule has 16 heavy (non-hydrogen) atoms. The van der Waals surface area contributed by atoms with Gasteiger partial charge in [-0.05, 0) is 12.5 Å². The van der Waals surface area contributed by atoms with Gasteiger partial charge >= 0.3 is 0 Å². The predicted octanol–water partition coefficient (Wildman–Crippen LogP) is 1.33. The van der Waals surface area contributed by atoms with Crippen molar-refractivity contribution in [3.63, 3.8) is 0 Å². The molecule has 2 aromatic heterocycles. The number of carbonyl (C=O) groups excluding carboxylic acids is 1. The van der Waals surface area contributed by atoms with Gasteiger partial charge in [0.25, 0.3) is 5.91 Å². The fraction of sp³-hybridized carbons (Fsp3) is 0.100. The van der Waals surface area contributed by atoms with Crippen LogP contribution in [0.1, 0.15) is 15.9 Å². The predicted molar refractivity (Wildman–Crippen MR) is 59.6 cm³/mol. The summed E-state index contributed by atoms with van der Waals surface area (Å²) >= 11 is 5.79. The van der Waals surface area contributed by atoms with E-state index in [1.54, 1.807) is 23.1 Å². The maximum absolute atomic E-state index is 10.9. The molecule has 0 atom stereocenters. The summed E-state index contributed by atoms with van der Waals surface area (Å²) < 4.78 is 1.54. The number of hydrogen-bond acceptors (Lipinski definition) is 3. The molecule has 0 aliphatic rings. The van der Waals surface area contributed by atoms with Crippen LogP contribution in [-0.4, -0.2) is 20.7 Å². The number of nitrogens with two attached hydrogens (primary N) is 1. The van der Waals surface area contributed by atoms with E-state index in [0.717, 1.165) is 11.3 Å². The lowest BCUT2D eigenvalue weighted by molar-refractivity contribution is 0.100. The van der Waals surface area contributed by atoms with E-state index in [2.05, 4.69) is 10.1 Å². The third kappa shape index (κ3) is 1.90. The first kappa shape index (κ1) is 10.6. The zero-order valence-corrected chi connectivity index (χ0v) is 9.27. The van der Waals surface area contributed by atoms with Crippen molar-refractivity contribution in [1.29, 1.82) is 0 Å². The Morgan fingerprint density at radius 1 is 1.50 bits per heavy atom. The summed E-state index contributed by atoms with van der Waals surface area (Å²) in [4.78, 5) is 14.9. The van der Waals surface area contributed by atoms with Crippen molar-refractivity contribution in [2.45, 2.75) is 6.92 Å². The van der Waals surface area contributed by atoms with Gasteiger partial charge in [-0.1, -0.05) is 11.6 Å². The van der Waals surface area contributed by atoms with Crippen LogP contribution in [0.25, 0.3) is 5.69 Å². The van der Waals surface area contributed by atoms with Gasteiger partial charge < -0.3 is 5.73 Å². The number of halogens is 1. The summed E-state index contributed by atoms with van der Waals surface area (Å²) in [5.74, 6) is -0.510. The fourth-order valence-electron chi connectivity index (χ4n) is 1.32. The second-order valence-electron chi connectivity index (χ2n) is 3.33. The minimum atomic E-state index is -0.510. The Labute approximate surface area is 96.8 Å². The van der Waals surface area contributed by atoms with Gasteiger partial charge in [0.15, 0.2) is 0 Å². The molecule has 5 nitrogen and oxygen atoms in total. The van der Waals surface area contributed by atoms with Crippen LogP contribution in [0.3, 0.4) is 0 Å². The normalized spacial score (nSPS) is 10.4. The minimum Gasteiger partial charge on any atom is -0.366 e. The van der Waals surface area contributed by atoms with Crippen molar-refractivity contribution in [3.05, 3.63) is 40.9 Å². The number of aryl methyl sites for hydroxylation is 1. The van der Waals surface area contributed by atoms with Crippen LogP contribution in [0.2, 0.25) is 5.15 Å². The maximum Gasteiger partial charge on any atom is 0.251 e. The minimum absolute atomic E-state index is 0.354. The van der Waals surface area contributed by atoms with Gasteiger partial charge in [-0.25, -0.2) is 9.67 Å². The van der Waals surface area contributed by atoms with E-state index in [9.17, 15) is 4.79 Å². The molecule has 1 amide bonds. The molecule has 2 aromatic rings. The second-order valence-corrected chi connectivity index (χ2v) is 3.72. The topological polar surface area (TPSA) is 73.8 Å². The van der Waals surface area contributed by atoms with E-state index in [1.165, 1.54) is 6.20 Å². The van der Waals surface area contributed by atoms with E-state index in [-0.39, 0.29) is 0 Å². The number of aromatic nitrogens is 3. The number of pyridine rings is 1. The van der Waals surface area contributed by atoms with Gasteiger partial charge in [0.1, 0.15) is 5.15 Å². The lowest BCUT2D eigenvalue weighted by atomic mass is 10.2. The summed E-state index contributed by atoms with van der Waals surface area (Å²) in [5.41, 5.74) is 7.17. The van der Waals surface area contributed by atoms with Gasteiger partial charge in [0.2, 0.25) is 0 Å². The first-order valence-corrected chi connectivity index (χ1v) is 4.92. The molecule has 0 saturated heterocycles. The van der Waals surface area contributed by atoms with Crippen molar-refractivity contribution in [2.24, 2.45) is 5.73 Å². The highest BCUT2D eigenvalue weighted by Gasteiger charge is 2.08. The maximum atomic E-state index is 10.9. The molecule has 2 N–H and O–H groups in total. The zero-order valence-electron chi connectivity index (χ0n) is 8.51. The summed E-state index contributed by atoms with van der Waals surface area (Å²) in [5, 5.41) is 4.41. The van der Waals surface area contributed by atoms with E-state index in [1.807, 2.05) is 6.92 Å². The molecule has 2 heterocycles. The lowest BCUT2D eigenvalue weighted by Gasteiger charge is -2.04. The van der Waals surface area contributed by atoms with Crippen molar-refractivity contribution in [1.82, 2.24) is 14.8 Å². The molecule has 0 fully saturated rings. The molecule has 0 radical (unpaired) electrons. The molecule has 2 rings (SSSR count). The first-order chi connectivity index (χ1) is 7.58. The third-order valence-electron chi connectivity index (χ3n) is 2.16. The Balaban J connectivity index is 2.50.